The lowest BCUT2D eigenvalue weighted by molar-refractivity contribution is 0.283. The molecule has 20 heavy (non-hydrogen) atoms. The van der Waals surface area contributed by atoms with Gasteiger partial charge in [0, 0.05) is 23.9 Å². The molecule has 106 valence electrons. The van der Waals surface area contributed by atoms with Crippen LogP contribution in [-0.4, -0.2) is 23.4 Å². The van der Waals surface area contributed by atoms with Gasteiger partial charge in [0.15, 0.2) is 0 Å². The molecule has 4 heteroatoms. The van der Waals surface area contributed by atoms with E-state index < -0.39 is 0 Å². The minimum Gasteiger partial charge on any atom is -0.493 e. The summed E-state index contributed by atoms with van der Waals surface area (Å²) in [5.74, 6) is 1.06. The van der Waals surface area contributed by atoms with Gasteiger partial charge < -0.3 is 10.1 Å². The first-order valence-corrected chi connectivity index (χ1v) is 7.12. The summed E-state index contributed by atoms with van der Waals surface area (Å²) in [5.41, 5.74) is 4.91. The lowest BCUT2D eigenvalue weighted by Crippen LogP contribution is -2.21. The van der Waals surface area contributed by atoms with E-state index in [1.54, 1.807) is 0 Å². The summed E-state index contributed by atoms with van der Waals surface area (Å²) in [5, 5.41) is 7.76. The SMILES string of the molecule is CNC(c1cccc2c1OCCC2)c1cnn(C)c1C. The Bertz CT molecular complexity index is 618. The van der Waals surface area contributed by atoms with Gasteiger partial charge in [-0.25, -0.2) is 0 Å². The van der Waals surface area contributed by atoms with E-state index in [0.29, 0.717) is 0 Å². The third-order valence-corrected chi connectivity index (χ3v) is 4.15. The van der Waals surface area contributed by atoms with E-state index in [4.69, 9.17) is 4.74 Å². The molecule has 4 nitrogen and oxygen atoms in total. The molecule has 1 atom stereocenters. The van der Waals surface area contributed by atoms with Crippen LogP contribution in [0.3, 0.4) is 0 Å². The van der Waals surface area contributed by atoms with Gasteiger partial charge in [0.05, 0.1) is 18.8 Å². The second-order valence-electron chi connectivity index (χ2n) is 5.32. The number of para-hydroxylation sites is 1. The molecule has 1 N–H and O–H groups in total. The standard InChI is InChI=1S/C16H21N3O/c1-11-14(10-18-19(11)3)15(17-2)13-8-4-6-12-7-5-9-20-16(12)13/h4,6,8,10,15,17H,5,7,9H2,1-3H3. The lowest BCUT2D eigenvalue weighted by atomic mass is 9.94. The number of rotatable bonds is 3. The number of nitrogens with zero attached hydrogens (tertiary/aromatic N) is 2. The summed E-state index contributed by atoms with van der Waals surface area (Å²) in [6.45, 7) is 2.91. The lowest BCUT2D eigenvalue weighted by Gasteiger charge is -2.25. The molecule has 2 aromatic rings. The molecule has 3 rings (SSSR count). The Morgan fingerprint density at radius 1 is 1.35 bits per heavy atom. The Hall–Kier alpha value is -1.81. The molecule has 1 aromatic heterocycles. The molecule has 2 heterocycles. The van der Waals surface area contributed by atoms with Crippen LogP contribution in [0.1, 0.15) is 34.8 Å². The molecule has 0 bridgehead atoms. The van der Waals surface area contributed by atoms with Crippen LogP contribution in [0, 0.1) is 6.92 Å². The average Bonchev–Trinajstić information content (AvgIpc) is 2.81. The van der Waals surface area contributed by atoms with Crippen molar-refractivity contribution in [3.8, 4) is 5.75 Å². The van der Waals surface area contributed by atoms with Crippen LogP contribution in [0.15, 0.2) is 24.4 Å². The van der Waals surface area contributed by atoms with Gasteiger partial charge in [0.25, 0.3) is 0 Å². The van der Waals surface area contributed by atoms with E-state index in [1.165, 1.54) is 22.4 Å². The highest BCUT2D eigenvalue weighted by molar-refractivity contribution is 5.48. The van der Waals surface area contributed by atoms with E-state index in [-0.39, 0.29) is 6.04 Å². The molecule has 0 radical (unpaired) electrons. The van der Waals surface area contributed by atoms with Gasteiger partial charge in [-0.15, -0.1) is 0 Å². The summed E-state index contributed by atoms with van der Waals surface area (Å²) in [6.07, 6.45) is 4.15. The molecule has 0 saturated heterocycles. The van der Waals surface area contributed by atoms with Crippen molar-refractivity contribution >= 4 is 0 Å². The van der Waals surface area contributed by atoms with Crippen molar-refractivity contribution in [2.45, 2.75) is 25.8 Å². The zero-order valence-electron chi connectivity index (χ0n) is 12.3. The Morgan fingerprint density at radius 3 is 2.90 bits per heavy atom. The fourth-order valence-electron chi connectivity index (χ4n) is 2.92. The molecule has 0 spiro atoms. The van der Waals surface area contributed by atoms with E-state index in [2.05, 4.69) is 35.5 Å². The van der Waals surface area contributed by atoms with Gasteiger partial charge in [0.1, 0.15) is 5.75 Å². The smallest absolute Gasteiger partial charge is 0.127 e. The fraction of sp³-hybridized carbons (Fsp3) is 0.438. The number of ether oxygens (including phenoxy) is 1. The molecule has 0 saturated carbocycles. The Kier molecular flexibility index (Phi) is 3.49. The third-order valence-electron chi connectivity index (χ3n) is 4.15. The second kappa shape index (κ2) is 5.29. The predicted molar refractivity (Wildman–Crippen MR) is 79.1 cm³/mol. The number of aromatic nitrogens is 2. The molecule has 1 unspecified atom stereocenters. The largest absolute Gasteiger partial charge is 0.493 e. The zero-order valence-corrected chi connectivity index (χ0v) is 12.3. The van der Waals surface area contributed by atoms with Crippen LogP contribution in [0.5, 0.6) is 5.75 Å². The van der Waals surface area contributed by atoms with Gasteiger partial charge in [-0.1, -0.05) is 18.2 Å². The highest BCUT2D eigenvalue weighted by Gasteiger charge is 2.23. The zero-order chi connectivity index (χ0) is 14.1. The Balaban J connectivity index is 2.08. The topological polar surface area (TPSA) is 39.1 Å². The number of hydrogen-bond donors (Lipinski definition) is 1. The minimum atomic E-state index is 0.122. The highest BCUT2D eigenvalue weighted by atomic mass is 16.5. The molecular weight excluding hydrogens is 250 g/mol. The molecule has 0 fully saturated rings. The Morgan fingerprint density at radius 2 is 2.20 bits per heavy atom. The highest BCUT2D eigenvalue weighted by Crippen LogP contribution is 2.36. The maximum atomic E-state index is 5.94. The fourth-order valence-corrected chi connectivity index (χ4v) is 2.92. The number of hydrogen-bond acceptors (Lipinski definition) is 3. The normalized spacial score (nSPS) is 15.6. The summed E-state index contributed by atoms with van der Waals surface area (Å²) in [6, 6.07) is 6.56. The second-order valence-corrected chi connectivity index (χ2v) is 5.32. The van der Waals surface area contributed by atoms with Crippen LogP contribution in [0.2, 0.25) is 0 Å². The number of aryl methyl sites for hydroxylation is 2. The van der Waals surface area contributed by atoms with Crippen LogP contribution in [0.25, 0.3) is 0 Å². The first kappa shape index (κ1) is 13.2. The first-order chi connectivity index (χ1) is 9.72. The van der Waals surface area contributed by atoms with Crippen molar-refractivity contribution in [3.63, 3.8) is 0 Å². The van der Waals surface area contributed by atoms with Gasteiger partial charge in [-0.3, -0.25) is 4.68 Å². The summed E-state index contributed by atoms with van der Waals surface area (Å²) >= 11 is 0. The third kappa shape index (κ3) is 2.10. The van der Waals surface area contributed by atoms with E-state index >= 15 is 0 Å². The van der Waals surface area contributed by atoms with Crippen molar-refractivity contribution in [1.82, 2.24) is 15.1 Å². The predicted octanol–water partition coefficient (Wildman–Crippen LogP) is 2.36. The van der Waals surface area contributed by atoms with E-state index in [0.717, 1.165) is 25.2 Å². The summed E-state index contributed by atoms with van der Waals surface area (Å²) < 4.78 is 7.85. The van der Waals surface area contributed by atoms with Crippen molar-refractivity contribution in [1.29, 1.82) is 0 Å². The van der Waals surface area contributed by atoms with Gasteiger partial charge in [-0.05, 0) is 32.4 Å². The van der Waals surface area contributed by atoms with Gasteiger partial charge in [-0.2, -0.15) is 5.10 Å². The molecule has 1 aliphatic heterocycles. The Labute approximate surface area is 119 Å². The van der Waals surface area contributed by atoms with E-state index in [9.17, 15) is 0 Å². The molecule has 0 amide bonds. The van der Waals surface area contributed by atoms with Crippen molar-refractivity contribution in [2.24, 2.45) is 7.05 Å². The van der Waals surface area contributed by atoms with Crippen LogP contribution in [0.4, 0.5) is 0 Å². The van der Waals surface area contributed by atoms with Crippen LogP contribution >= 0.6 is 0 Å². The molecule has 1 aliphatic rings. The van der Waals surface area contributed by atoms with Gasteiger partial charge in [0.2, 0.25) is 0 Å². The van der Waals surface area contributed by atoms with Crippen molar-refractivity contribution in [2.75, 3.05) is 13.7 Å². The summed E-state index contributed by atoms with van der Waals surface area (Å²) in [4.78, 5) is 0. The summed E-state index contributed by atoms with van der Waals surface area (Å²) in [7, 11) is 3.96. The maximum absolute atomic E-state index is 5.94. The molecule has 1 aromatic carbocycles. The van der Waals surface area contributed by atoms with Gasteiger partial charge >= 0.3 is 0 Å². The molecular formula is C16H21N3O. The quantitative estimate of drug-likeness (QED) is 0.931. The maximum Gasteiger partial charge on any atom is 0.127 e. The number of nitrogens with one attached hydrogen (secondary N) is 1. The average molecular weight is 271 g/mol. The minimum absolute atomic E-state index is 0.122. The number of benzene rings is 1. The van der Waals surface area contributed by atoms with Crippen molar-refractivity contribution in [3.05, 3.63) is 46.8 Å². The molecule has 0 aliphatic carbocycles. The van der Waals surface area contributed by atoms with Crippen molar-refractivity contribution < 1.29 is 4.74 Å². The number of fused-ring (bicyclic) bond motifs is 1. The monoisotopic (exact) mass is 271 g/mol. The van der Waals surface area contributed by atoms with Crippen LogP contribution in [-0.2, 0) is 13.5 Å². The first-order valence-electron chi connectivity index (χ1n) is 7.12. The van der Waals surface area contributed by atoms with E-state index in [1.807, 2.05) is 25.0 Å². The van der Waals surface area contributed by atoms with Crippen LogP contribution < -0.4 is 10.1 Å².